The van der Waals surface area contributed by atoms with Crippen LogP contribution in [0.2, 0.25) is 0 Å². The third-order valence-electron chi connectivity index (χ3n) is 2.71. The molecule has 0 saturated heterocycles. The zero-order valence-electron chi connectivity index (χ0n) is 10.7. The van der Waals surface area contributed by atoms with Gasteiger partial charge in [-0.3, -0.25) is 0 Å². The molecule has 1 N–H and O–H groups in total. The maximum Gasteiger partial charge on any atom is 0.123 e. The first kappa shape index (κ1) is 13.3. The monoisotopic (exact) mass is 259 g/mol. The normalized spacial score (nSPS) is 11.4. The van der Waals surface area contributed by atoms with Crippen LogP contribution >= 0.6 is 0 Å². The molecular formula is C16H15F2N. The standard InChI is InChI=1S/C16H15F2N/c1-12-2-4-13(5-3-12)10-15(18)11-19-16-8-6-14(17)7-9-16/h2-10,19H,11H2,1H3/b15-10-. The van der Waals surface area contributed by atoms with E-state index in [1.54, 1.807) is 12.1 Å². The van der Waals surface area contributed by atoms with Crippen molar-refractivity contribution in [2.75, 3.05) is 11.9 Å². The van der Waals surface area contributed by atoms with E-state index in [9.17, 15) is 8.78 Å². The summed E-state index contributed by atoms with van der Waals surface area (Å²) in [6, 6.07) is 13.4. The molecule has 2 rings (SSSR count). The maximum absolute atomic E-state index is 13.7. The number of benzene rings is 2. The van der Waals surface area contributed by atoms with Crippen molar-refractivity contribution < 1.29 is 8.78 Å². The minimum absolute atomic E-state index is 0.0828. The van der Waals surface area contributed by atoms with E-state index in [1.807, 2.05) is 31.2 Å². The van der Waals surface area contributed by atoms with E-state index < -0.39 is 0 Å². The molecule has 2 aromatic rings. The molecule has 0 aliphatic heterocycles. The van der Waals surface area contributed by atoms with Crippen molar-refractivity contribution in [1.29, 1.82) is 0 Å². The molecule has 0 amide bonds. The number of hydrogen-bond donors (Lipinski definition) is 1. The number of rotatable bonds is 4. The van der Waals surface area contributed by atoms with Crippen molar-refractivity contribution in [1.82, 2.24) is 0 Å². The third kappa shape index (κ3) is 4.21. The van der Waals surface area contributed by atoms with E-state index in [4.69, 9.17) is 0 Å². The second-order valence-electron chi connectivity index (χ2n) is 4.36. The lowest BCUT2D eigenvalue weighted by molar-refractivity contribution is 0.627. The van der Waals surface area contributed by atoms with Gasteiger partial charge in [0.2, 0.25) is 0 Å². The van der Waals surface area contributed by atoms with Crippen LogP contribution in [0.25, 0.3) is 6.08 Å². The van der Waals surface area contributed by atoms with Crippen molar-refractivity contribution >= 4 is 11.8 Å². The predicted molar refractivity (Wildman–Crippen MR) is 75.2 cm³/mol. The topological polar surface area (TPSA) is 12.0 Å². The first-order chi connectivity index (χ1) is 9.13. The van der Waals surface area contributed by atoms with Gasteiger partial charge in [-0.2, -0.15) is 0 Å². The molecule has 1 nitrogen and oxygen atoms in total. The molecule has 0 fully saturated rings. The van der Waals surface area contributed by atoms with Crippen LogP contribution in [-0.2, 0) is 0 Å². The highest BCUT2D eigenvalue weighted by Gasteiger charge is 1.97. The number of hydrogen-bond acceptors (Lipinski definition) is 1. The number of aryl methyl sites for hydroxylation is 1. The molecule has 19 heavy (non-hydrogen) atoms. The Morgan fingerprint density at radius 3 is 2.32 bits per heavy atom. The van der Waals surface area contributed by atoms with Crippen molar-refractivity contribution in [3.63, 3.8) is 0 Å². The molecule has 3 heteroatoms. The molecule has 0 bridgehead atoms. The summed E-state index contributed by atoms with van der Waals surface area (Å²) in [6.45, 7) is 2.07. The Morgan fingerprint density at radius 2 is 1.68 bits per heavy atom. The highest BCUT2D eigenvalue weighted by atomic mass is 19.1. The van der Waals surface area contributed by atoms with Crippen LogP contribution in [-0.4, -0.2) is 6.54 Å². The van der Waals surface area contributed by atoms with E-state index >= 15 is 0 Å². The number of anilines is 1. The van der Waals surface area contributed by atoms with Gasteiger partial charge in [0.15, 0.2) is 0 Å². The highest BCUT2D eigenvalue weighted by molar-refractivity contribution is 5.53. The lowest BCUT2D eigenvalue weighted by Crippen LogP contribution is -2.01. The van der Waals surface area contributed by atoms with Gasteiger partial charge in [-0.1, -0.05) is 29.8 Å². The van der Waals surface area contributed by atoms with Crippen molar-refractivity contribution in [3.8, 4) is 0 Å². The highest BCUT2D eigenvalue weighted by Crippen LogP contribution is 2.12. The van der Waals surface area contributed by atoms with E-state index in [0.717, 1.165) is 11.1 Å². The van der Waals surface area contributed by atoms with Crippen LogP contribution in [0.4, 0.5) is 14.5 Å². The Hall–Kier alpha value is -2.16. The van der Waals surface area contributed by atoms with Crippen LogP contribution < -0.4 is 5.32 Å². The summed E-state index contributed by atoms with van der Waals surface area (Å²) in [5.41, 5.74) is 2.65. The summed E-state index contributed by atoms with van der Waals surface area (Å²) in [5, 5.41) is 2.89. The Morgan fingerprint density at radius 1 is 1.05 bits per heavy atom. The van der Waals surface area contributed by atoms with E-state index in [-0.39, 0.29) is 18.2 Å². The Balaban J connectivity index is 1.95. The first-order valence-corrected chi connectivity index (χ1v) is 6.06. The molecule has 98 valence electrons. The van der Waals surface area contributed by atoms with Gasteiger partial charge in [0.1, 0.15) is 11.6 Å². The molecule has 0 radical (unpaired) electrons. The van der Waals surface area contributed by atoms with E-state index in [0.29, 0.717) is 5.69 Å². The fourth-order valence-electron chi connectivity index (χ4n) is 1.65. The maximum atomic E-state index is 13.7. The molecular weight excluding hydrogens is 244 g/mol. The minimum atomic E-state index is -0.304. The van der Waals surface area contributed by atoms with Gasteiger partial charge < -0.3 is 5.32 Å². The molecule has 2 aromatic carbocycles. The summed E-state index contributed by atoms with van der Waals surface area (Å²) < 4.78 is 26.4. The van der Waals surface area contributed by atoms with Crippen molar-refractivity contribution in [3.05, 3.63) is 71.3 Å². The zero-order chi connectivity index (χ0) is 13.7. The van der Waals surface area contributed by atoms with Gasteiger partial charge in [-0.15, -0.1) is 0 Å². The van der Waals surface area contributed by atoms with Crippen molar-refractivity contribution in [2.45, 2.75) is 6.92 Å². The van der Waals surface area contributed by atoms with Crippen LogP contribution in [0.5, 0.6) is 0 Å². The number of nitrogens with one attached hydrogen (secondary N) is 1. The van der Waals surface area contributed by atoms with Gasteiger partial charge >= 0.3 is 0 Å². The molecule has 0 unspecified atom stereocenters. The van der Waals surface area contributed by atoms with Gasteiger partial charge in [-0.05, 0) is 42.8 Å². The van der Waals surface area contributed by atoms with Crippen molar-refractivity contribution in [2.24, 2.45) is 0 Å². The molecule has 0 aliphatic rings. The number of halogens is 2. The van der Waals surface area contributed by atoms with Crippen LogP contribution in [0.3, 0.4) is 0 Å². The van der Waals surface area contributed by atoms with E-state index in [1.165, 1.54) is 18.2 Å². The Bertz CT molecular complexity index is 556. The second-order valence-corrected chi connectivity index (χ2v) is 4.36. The SMILES string of the molecule is Cc1ccc(/C=C(\F)CNc2ccc(F)cc2)cc1. The minimum Gasteiger partial charge on any atom is -0.379 e. The smallest absolute Gasteiger partial charge is 0.123 e. The summed E-state index contributed by atoms with van der Waals surface area (Å²) in [6.07, 6.45) is 1.48. The third-order valence-corrected chi connectivity index (χ3v) is 2.71. The molecule has 0 saturated carbocycles. The lowest BCUT2D eigenvalue weighted by Gasteiger charge is -2.04. The van der Waals surface area contributed by atoms with Crippen LogP contribution in [0, 0.1) is 12.7 Å². The lowest BCUT2D eigenvalue weighted by atomic mass is 10.1. The fourth-order valence-corrected chi connectivity index (χ4v) is 1.65. The van der Waals surface area contributed by atoms with Crippen LogP contribution in [0.15, 0.2) is 54.4 Å². The summed E-state index contributed by atoms with van der Waals surface area (Å²) in [5.74, 6) is -0.575. The van der Waals surface area contributed by atoms with Gasteiger partial charge in [0.05, 0.1) is 6.54 Å². The van der Waals surface area contributed by atoms with E-state index in [2.05, 4.69) is 5.32 Å². The zero-order valence-corrected chi connectivity index (χ0v) is 10.7. The van der Waals surface area contributed by atoms with Gasteiger partial charge in [-0.25, -0.2) is 8.78 Å². The molecule has 0 spiro atoms. The van der Waals surface area contributed by atoms with Gasteiger partial charge in [0.25, 0.3) is 0 Å². The summed E-state index contributed by atoms with van der Waals surface area (Å²) in [7, 11) is 0. The quantitative estimate of drug-likeness (QED) is 0.849. The summed E-state index contributed by atoms with van der Waals surface area (Å²) >= 11 is 0. The Kier molecular flexibility index (Phi) is 4.29. The predicted octanol–water partition coefficient (Wildman–Crippen LogP) is 4.56. The first-order valence-electron chi connectivity index (χ1n) is 6.06. The summed E-state index contributed by atoms with van der Waals surface area (Å²) in [4.78, 5) is 0. The molecule has 0 aliphatic carbocycles. The average Bonchev–Trinajstić information content (AvgIpc) is 2.41. The van der Waals surface area contributed by atoms with Gasteiger partial charge in [0, 0.05) is 5.69 Å². The fraction of sp³-hybridized carbons (Fsp3) is 0.125. The molecule has 0 aromatic heterocycles. The molecule has 0 heterocycles. The average molecular weight is 259 g/mol. The van der Waals surface area contributed by atoms with Crippen LogP contribution in [0.1, 0.15) is 11.1 Å². The molecule has 0 atom stereocenters. The second kappa shape index (κ2) is 6.14. The Labute approximate surface area is 111 Å². The largest absolute Gasteiger partial charge is 0.379 e.